The molecule has 0 aliphatic heterocycles. The van der Waals surface area contributed by atoms with Crippen molar-refractivity contribution in [2.45, 2.75) is 32.6 Å². The lowest BCUT2D eigenvalue weighted by molar-refractivity contribution is 0.285. The Labute approximate surface area is 108 Å². The lowest BCUT2D eigenvalue weighted by Gasteiger charge is -2.11. The van der Waals surface area contributed by atoms with Gasteiger partial charge in [0.05, 0.1) is 19.9 Å². The van der Waals surface area contributed by atoms with Crippen LogP contribution in [0.3, 0.4) is 0 Å². The second-order valence-corrected chi connectivity index (χ2v) is 4.06. The summed E-state index contributed by atoms with van der Waals surface area (Å²) >= 11 is 0. The van der Waals surface area contributed by atoms with E-state index in [1.807, 2.05) is 12.1 Å². The van der Waals surface area contributed by atoms with Crippen LogP contribution in [0.15, 0.2) is 23.4 Å². The first kappa shape index (κ1) is 14.4. The summed E-state index contributed by atoms with van der Waals surface area (Å²) < 4.78 is 10.9. The van der Waals surface area contributed by atoms with Crippen molar-refractivity contribution < 1.29 is 14.7 Å². The number of methoxy groups -OCH3 is 1. The first-order valence-electron chi connectivity index (χ1n) is 6.30. The highest BCUT2D eigenvalue weighted by Crippen LogP contribution is 2.27. The maximum absolute atomic E-state index is 8.47. The molecule has 0 unspecified atom stereocenters. The normalized spacial score (nSPS) is 10.8. The molecule has 4 nitrogen and oxygen atoms in total. The molecule has 0 bridgehead atoms. The summed E-state index contributed by atoms with van der Waals surface area (Å²) in [4.78, 5) is 0. The van der Waals surface area contributed by atoms with E-state index in [0.29, 0.717) is 12.4 Å². The standard InChI is InChI=1S/C14H21NO3/c1-3-4-5-6-9-18-13-8-7-12(11-15-16)10-14(13)17-2/h7-8,10-11,16H,3-6,9H2,1-2H3. The third kappa shape index (κ3) is 4.65. The molecule has 1 N–H and O–H groups in total. The first-order chi connectivity index (χ1) is 8.81. The van der Waals surface area contributed by atoms with Gasteiger partial charge < -0.3 is 14.7 Å². The van der Waals surface area contributed by atoms with Gasteiger partial charge in [0.15, 0.2) is 11.5 Å². The highest BCUT2D eigenvalue weighted by molar-refractivity contribution is 5.80. The van der Waals surface area contributed by atoms with Crippen LogP contribution in [0.25, 0.3) is 0 Å². The van der Waals surface area contributed by atoms with Crippen LogP contribution in [0.5, 0.6) is 11.5 Å². The zero-order chi connectivity index (χ0) is 13.2. The van der Waals surface area contributed by atoms with Crippen molar-refractivity contribution in [3.05, 3.63) is 23.8 Å². The number of unbranched alkanes of at least 4 members (excludes halogenated alkanes) is 3. The third-order valence-electron chi connectivity index (χ3n) is 2.65. The Morgan fingerprint density at radius 2 is 2.06 bits per heavy atom. The fraction of sp³-hybridized carbons (Fsp3) is 0.500. The second kappa shape index (κ2) is 8.39. The number of oxime groups is 1. The van der Waals surface area contributed by atoms with Crippen molar-refractivity contribution in [1.29, 1.82) is 0 Å². The van der Waals surface area contributed by atoms with E-state index in [2.05, 4.69) is 12.1 Å². The van der Waals surface area contributed by atoms with Crippen LogP contribution in [0.4, 0.5) is 0 Å². The zero-order valence-corrected chi connectivity index (χ0v) is 11.1. The highest BCUT2D eigenvalue weighted by Gasteiger charge is 2.04. The van der Waals surface area contributed by atoms with Crippen molar-refractivity contribution >= 4 is 6.21 Å². The van der Waals surface area contributed by atoms with Crippen molar-refractivity contribution in [2.24, 2.45) is 5.16 Å². The number of rotatable bonds is 8. The minimum atomic E-state index is 0.655. The quantitative estimate of drug-likeness (QED) is 0.333. The molecule has 0 saturated carbocycles. The summed E-state index contributed by atoms with van der Waals surface area (Å²) in [5.41, 5.74) is 0.771. The Morgan fingerprint density at radius 1 is 1.22 bits per heavy atom. The smallest absolute Gasteiger partial charge is 0.161 e. The molecule has 0 fully saturated rings. The molecule has 1 aromatic carbocycles. The van der Waals surface area contributed by atoms with Gasteiger partial charge in [0.1, 0.15) is 0 Å². The SMILES string of the molecule is CCCCCCOc1ccc(C=NO)cc1OC. The van der Waals surface area contributed by atoms with Gasteiger partial charge in [0.25, 0.3) is 0 Å². The lowest BCUT2D eigenvalue weighted by atomic mass is 10.2. The average molecular weight is 251 g/mol. The molecule has 0 heterocycles. The minimum Gasteiger partial charge on any atom is -0.493 e. The van der Waals surface area contributed by atoms with Gasteiger partial charge in [-0.3, -0.25) is 0 Å². The summed E-state index contributed by atoms with van der Waals surface area (Å²) in [7, 11) is 1.60. The highest BCUT2D eigenvalue weighted by atomic mass is 16.5. The van der Waals surface area contributed by atoms with E-state index in [1.165, 1.54) is 25.5 Å². The summed E-state index contributed by atoms with van der Waals surface area (Å²) in [6.07, 6.45) is 6.06. The van der Waals surface area contributed by atoms with Gasteiger partial charge in [-0.15, -0.1) is 0 Å². The summed E-state index contributed by atoms with van der Waals surface area (Å²) in [5.74, 6) is 1.38. The molecule has 0 atom stereocenters. The van der Waals surface area contributed by atoms with Gasteiger partial charge in [-0.2, -0.15) is 0 Å². The molecular formula is C14H21NO3. The maximum atomic E-state index is 8.47. The number of hydrogen-bond donors (Lipinski definition) is 1. The number of ether oxygens (including phenoxy) is 2. The van der Waals surface area contributed by atoms with Crippen molar-refractivity contribution in [3.63, 3.8) is 0 Å². The Hall–Kier alpha value is -1.71. The van der Waals surface area contributed by atoms with Crippen LogP contribution in [-0.4, -0.2) is 25.1 Å². The van der Waals surface area contributed by atoms with Gasteiger partial charge in [-0.05, 0) is 24.6 Å². The lowest BCUT2D eigenvalue weighted by Crippen LogP contribution is -2.00. The van der Waals surface area contributed by atoms with Crippen molar-refractivity contribution in [2.75, 3.05) is 13.7 Å². The van der Waals surface area contributed by atoms with Crippen LogP contribution in [0, 0.1) is 0 Å². The van der Waals surface area contributed by atoms with Gasteiger partial charge in [0, 0.05) is 5.56 Å². The van der Waals surface area contributed by atoms with Crippen LogP contribution in [-0.2, 0) is 0 Å². The molecule has 0 amide bonds. The number of benzene rings is 1. The minimum absolute atomic E-state index is 0.655. The predicted octanol–water partition coefficient (Wildman–Crippen LogP) is 3.46. The van der Waals surface area contributed by atoms with Crippen molar-refractivity contribution in [3.8, 4) is 11.5 Å². The molecule has 1 aromatic rings. The van der Waals surface area contributed by atoms with Gasteiger partial charge in [0.2, 0.25) is 0 Å². The van der Waals surface area contributed by atoms with Gasteiger partial charge >= 0.3 is 0 Å². The molecule has 0 aromatic heterocycles. The summed E-state index contributed by atoms with van der Waals surface area (Å²) in [6, 6.07) is 5.43. The van der Waals surface area contributed by atoms with Gasteiger partial charge in [-0.25, -0.2) is 0 Å². The van der Waals surface area contributed by atoms with E-state index in [4.69, 9.17) is 14.7 Å². The maximum Gasteiger partial charge on any atom is 0.161 e. The molecule has 0 spiro atoms. The summed E-state index contributed by atoms with van der Waals surface area (Å²) in [5, 5.41) is 11.5. The molecule has 18 heavy (non-hydrogen) atoms. The van der Waals surface area contributed by atoms with Crippen LogP contribution < -0.4 is 9.47 Å². The molecule has 1 rings (SSSR count). The van der Waals surface area contributed by atoms with Crippen molar-refractivity contribution in [1.82, 2.24) is 0 Å². The fourth-order valence-corrected chi connectivity index (χ4v) is 1.66. The fourth-order valence-electron chi connectivity index (χ4n) is 1.66. The molecule has 4 heteroatoms. The van der Waals surface area contributed by atoms with Crippen LogP contribution in [0.1, 0.15) is 38.2 Å². The first-order valence-corrected chi connectivity index (χ1v) is 6.30. The molecular weight excluding hydrogens is 230 g/mol. The molecule has 0 radical (unpaired) electrons. The van der Waals surface area contributed by atoms with E-state index in [0.717, 1.165) is 17.7 Å². The van der Waals surface area contributed by atoms with E-state index >= 15 is 0 Å². The molecule has 0 saturated heterocycles. The van der Waals surface area contributed by atoms with Gasteiger partial charge in [-0.1, -0.05) is 31.3 Å². The van der Waals surface area contributed by atoms with E-state index in [1.54, 1.807) is 13.2 Å². The molecule has 0 aliphatic carbocycles. The largest absolute Gasteiger partial charge is 0.493 e. The Morgan fingerprint density at radius 3 is 2.72 bits per heavy atom. The van der Waals surface area contributed by atoms with E-state index < -0.39 is 0 Å². The van der Waals surface area contributed by atoms with Crippen LogP contribution >= 0.6 is 0 Å². The molecule has 0 aliphatic rings. The zero-order valence-electron chi connectivity index (χ0n) is 11.1. The third-order valence-corrected chi connectivity index (χ3v) is 2.65. The second-order valence-electron chi connectivity index (χ2n) is 4.06. The van der Waals surface area contributed by atoms with E-state index in [9.17, 15) is 0 Å². The Bertz CT molecular complexity index is 377. The average Bonchev–Trinajstić information content (AvgIpc) is 2.40. The Kier molecular flexibility index (Phi) is 6.69. The monoisotopic (exact) mass is 251 g/mol. The summed E-state index contributed by atoms with van der Waals surface area (Å²) in [6.45, 7) is 2.88. The van der Waals surface area contributed by atoms with Crippen LogP contribution in [0.2, 0.25) is 0 Å². The number of hydrogen-bond acceptors (Lipinski definition) is 4. The Balaban J connectivity index is 2.54. The number of nitrogens with zero attached hydrogens (tertiary/aromatic N) is 1. The molecule has 100 valence electrons. The van der Waals surface area contributed by atoms with E-state index in [-0.39, 0.29) is 0 Å². The topological polar surface area (TPSA) is 51.0 Å². The predicted molar refractivity (Wildman–Crippen MR) is 72.0 cm³/mol.